The quantitative estimate of drug-likeness (QED) is 0.784. The molecule has 1 aromatic carbocycles. The second-order valence-corrected chi connectivity index (χ2v) is 7.01. The average Bonchev–Trinajstić information content (AvgIpc) is 2.42. The van der Waals surface area contributed by atoms with Crippen LogP contribution in [0.2, 0.25) is 0 Å². The van der Waals surface area contributed by atoms with Crippen LogP contribution in [-0.4, -0.2) is 18.4 Å². The number of rotatable bonds is 4. The van der Waals surface area contributed by atoms with Crippen LogP contribution in [0.4, 0.5) is 10.1 Å². The molecular weight excluding hydrogens is 381 g/mol. The van der Waals surface area contributed by atoms with Crippen LogP contribution in [0, 0.1) is 5.82 Å². The number of sulfonamides is 1. The van der Waals surface area contributed by atoms with Gasteiger partial charge in [-0.2, -0.15) is 0 Å². The molecule has 0 bridgehead atoms. The fraction of sp³-hybridized carbons (Fsp3) is 0. The largest absolute Gasteiger partial charge is 0.388 e. The van der Waals surface area contributed by atoms with Gasteiger partial charge in [0.1, 0.15) is 15.7 Å². The fourth-order valence-electron chi connectivity index (χ4n) is 1.46. The molecule has 2 rings (SSSR count). The van der Waals surface area contributed by atoms with Gasteiger partial charge in [-0.3, -0.25) is 9.71 Å². The lowest BCUT2D eigenvalue weighted by atomic mass is 10.3. The molecule has 0 spiro atoms. The number of nitrogens with one attached hydrogen (secondary N) is 1. The molecule has 2 aromatic rings. The topological polar surface area (TPSA) is 85.1 Å². The van der Waals surface area contributed by atoms with E-state index in [0.717, 1.165) is 12.3 Å². The maximum absolute atomic E-state index is 13.7. The Bertz CT molecular complexity index is 795. The van der Waals surface area contributed by atoms with E-state index in [4.69, 9.17) is 18.0 Å². The van der Waals surface area contributed by atoms with Gasteiger partial charge in [-0.05, 0) is 30.3 Å². The van der Waals surface area contributed by atoms with Gasteiger partial charge >= 0.3 is 0 Å². The highest BCUT2D eigenvalue weighted by atomic mass is 79.9. The first-order chi connectivity index (χ1) is 9.79. The minimum Gasteiger partial charge on any atom is -0.388 e. The van der Waals surface area contributed by atoms with Gasteiger partial charge in [0, 0.05) is 10.7 Å². The average molecular weight is 390 g/mol. The predicted octanol–water partition coefficient (Wildman–Crippen LogP) is 2.42. The molecule has 0 amide bonds. The summed E-state index contributed by atoms with van der Waals surface area (Å²) < 4.78 is 40.6. The zero-order valence-corrected chi connectivity index (χ0v) is 13.6. The van der Waals surface area contributed by atoms with E-state index in [0.29, 0.717) is 10.2 Å². The van der Waals surface area contributed by atoms with E-state index in [1.807, 2.05) is 0 Å². The second-order valence-electron chi connectivity index (χ2n) is 3.97. The standard InChI is InChI=1S/C12H9BrFN3O2S2/c13-7-1-3-10(9(14)5-7)17-21(18,19)8-2-4-11(12(15)20)16-6-8/h1-6,17H,(H2,15,20). The minimum absolute atomic E-state index is 0.0610. The van der Waals surface area contributed by atoms with E-state index in [1.54, 1.807) is 0 Å². The summed E-state index contributed by atoms with van der Waals surface area (Å²) in [5, 5.41) is 0. The molecule has 0 aliphatic heterocycles. The van der Waals surface area contributed by atoms with Crippen molar-refractivity contribution in [1.82, 2.24) is 4.98 Å². The molecule has 0 radical (unpaired) electrons. The van der Waals surface area contributed by atoms with Gasteiger partial charge in [0.05, 0.1) is 11.4 Å². The van der Waals surface area contributed by atoms with Gasteiger partial charge in [0.2, 0.25) is 0 Å². The number of aromatic nitrogens is 1. The number of thiocarbonyl (C=S) groups is 1. The third-order valence-electron chi connectivity index (χ3n) is 2.47. The highest BCUT2D eigenvalue weighted by Gasteiger charge is 2.17. The SMILES string of the molecule is NC(=S)c1ccc(S(=O)(=O)Nc2ccc(Br)cc2F)cn1. The molecule has 0 saturated heterocycles. The van der Waals surface area contributed by atoms with Gasteiger partial charge in [0.25, 0.3) is 10.0 Å². The molecule has 5 nitrogen and oxygen atoms in total. The predicted molar refractivity (Wildman–Crippen MR) is 85.0 cm³/mol. The van der Waals surface area contributed by atoms with Crippen molar-refractivity contribution >= 4 is 48.8 Å². The van der Waals surface area contributed by atoms with Crippen LogP contribution in [0.3, 0.4) is 0 Å². The summed E-state index contributed by atoms with van der Waals surface area (Å²) in [7, 11) is -3.94. The summed E-state index contributed by atoms with van der Waals surface area (Å²) >= 11 is 7.82. The van der Waals surface area contributed by atoms with Crippen LogP contribution in [0.5, 0.6) is 0 Å². The van der Waals surface area contributed by atoms with Gasteiger partial charge in [0.15, 0.2) is 0 Å². The number of anilines is 1. The number of nitrogens with two attached hydrogens (primary N) is 1. The molecule has 0 saturated carbocycles. The molecule has 9 heteroatoms. The van der Waals surface area contributed by atoms with Crippen LogP contribution >= 0.6 is 28.1 Å². The second kappa shape index (κ2) is 6.04. The third kappa shape index (κ3) is 3.74. The summed E-state index contributed by atoms with van der Waals surface area (Å²) in [6.07, 6.45) is 1.10. The van der Waals surface area contributed by atoms with Crippen molar-refractivity contribution in [3.8, 4) is 0 Å². The third-order valence-corrected chi connectivity index (χ3v) is 4.53. The van der Waals surface area contributed by atoms with Crippen molar-refractivity contribution in [2.75, 3.05) is 4.72 Å². The van der Waals surface area contributed by atoms with Crippen LogP contribution in [-0.2, 0) is 10.0 Å². The van der Waals surface area contributed by atoms with Crippen molar-refractivity contribution in [2.45, 2.75) is 4.90 Å². The molecule has 3 N–H and O–H groups in total. The number of halogens is 2. The minimum atomic E-state index is -3.94. The van der Waals surface area contributed by atoms with Gasteiger partial charge in [-0.15, -0.1) is 0 Å². The monoisotopic (exact) mass is 389 g/mol. The number of hydrogen-bond donors (Lipinski definition) is 2. The number of hydrogen-bond acceptors (Lipinski definition) is 4. The molecule has 110 valence electrons. The maximum Gasteiger partial charge on any atom is 0.263 e. The summed E-state index contributed by atoms with van der Waals surface area (Å²) in [6.45, 7) is 0. The molecule has 1 heterocycles. The van der Waals surface area contributed by atoms with Crippen molar-refractivity contribution in [2.24, 2.45) is 5.73 Å². The zero-order chi connectivity index (χ0) is 15.6. The molecular formula is C12H9BrFN3O2S2. The van der Waals surface area contributed by atoms with E-state index in [2.05, 4.69) is 25.6 Å². The summed E-state index contributed by atoms with van der Waals surface area (Å²) in [5.74, 6) is -0.694. The Balaban J connectivity index is 2.31. The lowest BCUT2D eigenvalue weighted by Gasteiger charge is -2.09. The highest BCUT2D eigenvalue weighted by Crippen LogP contribution is 2.22. The Morgan fingerprint density at radius 3 is 2.57 bits per heavy atom. The van der Waals surface area contributed by atoms with Crippen LogP contribution in [0.1, 0.15) is 5.69 Å². The first-order valence-electron chi connectivity index (χ1n) is 5.53. The summed E-state index contributed by atoms with van der Waals surface area (Å²) in [6, 6.07) is 6.67. The first kappa shape index (κ1) is 15.8. The van der Waals surface area contributed by atoms with Crippen molar-refractivity contribution in [1.29, 1.82) is 0 Å². The molecule has 0 unspecified atom stereocenters. The smallest absolute Gasteiger partial charge is 0.263 e. The van der Waals surface area contributed by atoms with Crippen molar-refractivity contribution in [3.63, 3.8) is 0 Å². The van der Waals surface area contributed by atoms with Crippen LogP contribution in [0.25, 0.3) is 0 Å². The van der Waals surface area contributed by atoms with E-state index in [1.165, 1.54) is 24.3 Å². The number of nitrogens with zero attached hydrogens (tertiary/aromatic N) is 1. The molecule has 0 atom stereocenters. The van der Waals surface area contributed by atoms with Gasteiger partial charge in [-0.1, -0.05) is 28.1 Å². The van der Waals surface area contributed by atoms with E-state index in [-0.39, 0.29) is 15.6 Å². The van der Waals surface area contributed by atoms with Crippen molar-refractivity contribution < 1.29 is 12.8 Å². The summed E-state index contributed by atoms with van der Waals surface area (Å²) in [4.78, 5) is 3.78. The zero-order valence-electron chi connectivity index (χ0n) is 10.4. The van der Waals surface area contributed by atoms with E-state index < -0.39 is 15.8 Å². The lowest BCUT2D eigenvalue weighted by molar-refractivity contribution is 0.598. The fourth-order valence-corrected chi connectivity index (χ4v) is 2.93. The molecule has 0 aliphatic carbocycles. The lowest BCUT2D eigenvalue weighted by Crippen LogP contribution is -2.16. The Morgan fingerprint density at radius 1 is 1.33 bits per heavy atom. The van der Waals surface area contributed by atoms with Crippen LogP contribution in [0.15, 0.2) is 45.9 Å². The van der Waals surface area contributed by atoms with Gasteiger partial charge in [-0.25, -0.2) is 12.8 Å². The Morgan fingerprint density at radius 2 is 2.05 bits per heavy atom. The maximum atomic E-state index is 13.7. The Hall–Kier alpha value is -1.58. The van der Waals surface area contributed by atoms with Crippen LogP contribution < -0.4 is 10.5 Å². The number of pyridine rings is 1. The molecule has 21 heavy (non-hydrogen) atoms. The van der Waals surface area contributed by atoms with E-state index in [9.17, 15) is 12.8 Å². The molecule has 0 fully saturated rings. The van der Waals surface area contributed by atoms with Gasteiger partial charge < -0.3 is 5.73 Å². The number of benzene rings is 1. The highest BCUT2D eigenvalue weighted by molar-refractivity contribution is 9.10. The van der Waals surface area contributed by atoms with Crippen molar-refractivity contribution in [3.05, 3.63) is 52.5 Å². The molecule has 0 aliphatic rings. The normalized spacial score (nSPS) is 11.1. The summed E-state index contributed by atoms with van der Waals surface area (Å²) in [5.41, 5.74) is 5.53. The van der Waals surface area contributed by atoms with E-state index >= 15 is 0 Å². The Kier molecular flexibility index (Phi) is 4.55. The Labute approximate surface area is 134 Å². The molecule has 1 aromatic heterocycles. The first-order valence-corrected chi connectivity index (χ1v) is 8.22.